The highest BCUT2D eigenvalue weighted by Crippen LogP contribution is 2.30. The number of amides is 2. The fourth-order valence-electron chi connectivity index (χ4n) is 3.73. The van der Waals surface area contributed by atoms with Gasteiger partial charge in [-0.1, -0.05) is 44.9 Å². The minimum absolute atomic E-state index is 0.0606. The lowest BCUT2D eigenvalue weighted by Gasteiger charge is -2.14. The summed E-state index contributed by atoms with van der Waals surface area (Å²) < 4.78 is 25.6. The Morgan fingerprint density at radius 3 is 2.47 bits per heavy atom. The lowest BCUT2D eigenvalue weighted by atomic mass is 10.1. The minimum atomic E-state index is -3.36. The Labute approximate surface area is 189 Å². The van der Waals surface area contributed by atoms with Crippen LogP contribution >= 0.6 is 0 Å². The molecule has 1 saturated carbocycles. The molecule has 0 aromatic heterocycles. The lowest BCUT2D eigenvalue weighted by Crippen LogP contribution is -2.29. The van der Waals surface area contributed by atoms with Crippen molar-refractivity contribution in [3.63, 3.8) is 0 Å². The Morgan fingerprint density at radius 2 is 1.75 bits per heavy atom. The number of hydrogen-bond donors (Lipinski definition) is 3. The summed E-state index contributed by atoms with van der Waals surface area (Å²) in [7, 11) is -3.36. The van der Waals surface area contributed by atoms with E-state index in [1.165, 1.54) is 0 Å². The Balaban J connectivity index is 1.62. The molecule has 0 spiro atoms. The van der Waals surface area contributed by atoms with Crippen LogP contribution in [0.5, 0.6) is 0 Å². The third-order valence-corrected chi connectivity index (χ3v) is 7.73. The van der Waals surface area contributed by atoms with Gasteiger partial charge >= 0.3 is 0 Å². The van der Waals surface area contributed by atoms with E-state index in [0.29, 0.717) is 42.2 Å². The molecular formula is C24H31N3O4S. The monoisotopic (exact) mass is 457 g/mol. The van der Waals surface area contributed by atoms with Gasteiger partial charge in [0, 0.05) is 12.2 Å². The smallest absolute Gasteiger partial charge is 0.253 e. The molecule has 0 saturated heterocycles. The molecule has 2 aromatic rings. The highest BCUT2D eigenvalue weighted by atomic mass is 32.2. The molecule has 2 amide bonds. The minimum Gasteiger partial charge on any atom is -0.376 e. The molecule has 172 valence electrons. The summed E-state index contributed by atoms with van der Waals surface area (Å²) >= 11 is 0. The van der Waals surface area contributed by atoms with E-state index >= 15 is 0 Å². The maximum atomic E-state index is 12.8. The molecule has 3 rings (SSSR count). The zero-order valence-corrected chi connectivity index (χ0v) is 19.4. The van der Waals surface area contributed by atoms with Crippen LogP contribution in [0.25, 0.3) is 0 Å². The largest absolute Gasteiger partial charge is 0.376 e. The number of anilines is 2. The van der Waals surface area contributed by atoms with E-state index in [0.717, 1.165) is 12.8 Å². The van der Waals surface area contributed by atoms with Crippen molar-refractivity contribution in [2.45, 2.75) is 49.7 Å². The summed E-state index contributed by atoms with van der Waals surface area (Å²) in [6.07, 6.45) is 3.29. The molecule has 0 heterocycles. The number of hydrogen-bond acceptors (Lipinski definition) is 5. The van der Waals surface area contributed by atoms with Gasteiger partial charge in [0.2, 0.25) is 5.91 Å². The van der Waals surface area contributed by atoms with Gasteiger partial charge in [-0.15, -0.1) is 0 Å². The van der Waals surface area contributed by atoms with Crippen LogP contribution in [0.1, 0.15) is 49.9 Å². The van der Waals surface area contributed by atoms with E-state index in [2.05, 4.69) is 16.0 Å². The topological polar surface area (TPSA) is 104 Å². The first-order valence-electron chi connectivity index (χ1n) is 11.0. The van der Waals surface area contributed by atoms with E-state index in [4.69, 9.17) is 0 Å². The first-order chi connectivity index (χ1) is 15.3. The third-order valence-electron chi connectivity index (χ3n) is 5.47. The molecule has 0 aliphatic heterocycles. The van der Waals surface area contributed by atoms with E-state index < -0.39 is 9.84 Å². The second-order valence-corrected chi connectivity index (χ2v) is 10.8. The van der Waals surface area contributed by atoms with Crippen molar-refractivity contribution < 1.29 is 18.0 Å². The zero-order chi connectivity index (χ0) is 23.1. The van der Waals surface area contributed by atoms with Crippen LogP contribution in [0.4, 0.5) is 11.4 Å². The van der Waals surface area contributed by atoms with Crippen molar-refractivity contribution in [2.24, 2.45) is 5.92 Å². The van der Waals surface area contributed by atoms with Gasteiger partial charge in [0.1, 0.15) is 0 Å². The predicted molar refractivity (Wildman–Crippen MR) is 127 cm³/mol. The summed E-state index contributed by atoms with van der Waals surface area (Å²) in [6, 6.07) is 13.4. The van der Waals surface area contributed by atoms with Crippen molar-refractivity contribution in [3.05, 3.63) is 54.1 Å². The van der Waals surface area contributed by atoms with Crippen molar-refractivity contribution in [1.82, 2.24) is 5.32 Å². The SMILES string of the molecule is CC(C)CNC(=O)c1ccccc1NC(=O)CNc1cccc(S(=O)(=O)C2CCCC2)c1. The normalized spacial score (nSPS) is 14.3. The van der Waals surface area contributed by atoms with Gasteiger partial charge in [0.25, 0.3) is 5.91 Å². The van der Waals surface area contributed by atoms with Gasteiger partial charge in [-0.2, -0.15) is 0 Å². The average Bonchev–Trinajstić information content (AvgIpc) is 3.32. The Kier molecular flexibility index (Phi) is 7.90. The predicted octanol–water partition coefficient (Wildman–Crippen LogP) is 3.84. The first kappa shape index (κ1) is 23.8. The van der Waals surface area contributed by atoms with Gasteiger partial charge in [-0.3, -0.25) is 9.59 Å². The number of benzene rings is 2. The Hall–Kier alpha value is -2.87. The third kappa shape index (κ3) is 6.09. The zero-order valence-electron chi connectivity index (χ0n) is 18.6. The number of rotatable bonds is 9. The molecule has 0 bridgehead atoms. The number of nitrogens with one attached hydrogen (secondary N) is 3. The summed E-state index contributed by atoms with van der Waals surface area (Å²) in [5, 5.41) is 8.27. The maximum absolute atomic E-state index is 12.8. The molecule has 0 radical (unpaired) electrons. The van der Waals surface area contributed by atoms with Crippen molar-refractivity contribution >= 4 is 33.0 Å². The second-order valence-electron chi connectivity index (χ2n) is 8.53. The Bertz CT molecular complexity index is 1060. The number of sulfone groups is 1. The van der Waals surface area contributed by atoms with Crippen LogP contribution in [0, 0.1) is 5.92 Å². The molecule has 2 aromatic carbocycles. The molecule has 0 atom stereocenters. The van der Waals surface area contributed by atoms with E-state index in [1.807, 2.05) is 13.8 Å². The lowest BCUT2D eigenvalue weighted by molar-refractivity contribution is -0.114. The molecule has 1 fully saturated rings. The molecule has 7 nitrogen and oxygen atoms in total. The fourth-order valence-corrected chi connectivity index (χ4v) is 5.63. The van der Waals surface area contributed by atoms with Crippen molar-refractivity contribution in [2.75, 3.05) is 23.7 Å². The number of para-hydroxylation sites is 1. The molecule has 3 N–H and O–H groups in total. The van der Waals surface area contributed by atoms with Crippen LogP contribution in [0.2, 0.25) is 0 Å². The van der Waals surface area contributed by atoms with Gasteiger partial charge in [0.15, 0.2) is 9.84 Å². The standard InChI is InChI=1S/C24H31N3O4S/c1-17(2)15-26-24(29)21-12-5-6-13-22(21)27-23(28)16-25-18-8-7-11-20(14-18)32(30,31)19-9-3-4-10-19/h5-8,11-14,17,19,25H,3-4,9-10,15-16H2,1-2H3,(H,26,29)(H,27,28). The highest BCUT2D eigenvalue weighted by Gasteiger charge is 2.30. The molecule has 8 heteroatoms. The average molecular weight is 458 g/mol. The van der Waals surface area contributed by atoms with Crippen LogP contribution < -0.4 is 16.0 Å². The van der Waals surface area contributed by atoms with Crippen LogP contribution in [0.3, 0.4) is 0 Å². The second kappa shape index (κ2) is 10.6. The van der Waals surface area contributed by atoms with Crippen LogP contribution in [-0.4, -0.2) is 38.6 Å². The van der Waals surface area contributed by atoms with Crippen molar-refractivity contribution in [3.8, 4) is 0 Å². The van der Waals surface area contributed by atoms with E-state index in [9.17, 15) is 18.0 Å². The molecule has 1 aliphatic carbocycles. The molecule has 1 aliphatic rings. The summed E-state index contributed by atoms with van der Waals surface area (Å²) in [5.41, 5.74) is 1.38. The molecular weight excluding hydrogens is 426 g/mol. The number of carbonyl (C=O) groups is 2. The Morgan fingerprint density at radius 1 is 1.03 bits per heavy atom. The summed E-state index contributed by atoms with van der Waals surface area (Å²) in [6.45, 7) is 4.50. The summed E-state index contributed by atoms with van der Waals surface area (Å²) in [4.78, 5) is 25.2. The van der Waals surface area contributed by atoms with Crippen LogP contribution in [-0.2, 0) is 14.6 Å². The van der Waals surface area contributed by atoms with Gasteiger partial charge in [0.05, 0.1) is 27.9 Å². The first-order valence-corrected chi connectivity index (χ1v) is 12.6. The van der Waals surface area contributed by atoms with Gasteiger partial charge in [-0.25, -0.2) is 8.42 Å². The van der Waals surface area contributed by atoms with Crippen molar-refractivity contribution in [1.29, 1.82) is 0 Å². The van der Waals surface area contributed by atoms with Gasteiger partial charge < -0.3 is 16.0 Å². The van der Waals surface area contributed by atoms with E-state index in [1.54, 1.807) is 48.5 Å². The molecule has 0 unspecified atom stereocenters. The van der Waals surface area contributed by atoms with Crippen LogP contribution in [0.15, 0.2) is 53.4 Å². The van der Waals surface area contributed by atoms with Gasteiger partial charge in [-0.05, 0) is 49.1 Å². The molecule has 32 heavy (non-hydrogen) atoms. The fraction of sp³-hybridized carbons (Fsp3) is 0.417. The number of carbonyl (C=O) groups excluding carboxylic acids is 2. The maximum Gasteiger partial charge on any atom is 0.253 e. The quantitative estimate of drug-likeness (QED) is 0.531. The van der Waals surface area contributed by atoms with E-state index in [-0.39, 0.29) is 28.5 Å². The highest BCUT2D eigenvalue weighted by molar-refractivity contribution is 7.92. The summed E-state index contributed by atoms with van der Waals surface area (Å²) in [5.74, 6) is -0.260.